The molecule has 1 rings (SSSR count). The zero-order chi connectivity index (χ0) is 16.2. The van der Waals surface area contributed by atoms with Gasteiger partial charge in [0.15, 0.2) is 6.29 Å². The molecule has 12 heteroatoms. The van der Waals surface area contributed by atoms with Crippen LogP contribution in [0.4, 0.5) is 0 Å². The fourth-order valence-electron chi connectivity index (χ4n) is 1.46. The molecule has 0 saturated carbocycles. The summed E-state index contributed by atoms with van der Waals surface area (Å²) in [6, 6.07) is 2.74. The molecule has 116 valence electrons. The standard InChI is InChI=1S/C11H12O9S.2Na/c12-8(13)4-5-20-11(16)7-3-1-2-6(10(14)15)9(7)21(17,18)19;;/h1-3,8,12-13H,4-5H2,(H,14,15)(H,17,18,19);;/q;2*+1/p-2. The van der Waals surface area contributed by atoms with Crippen molar-refractivity contribution >= 4 is 22.1 Å². The van der Waals surface area contributed by atoms with E-state index in [4.69, 9.17) is 10.2 Å². The van der Waals surface area contributed by atoms with Crippen LogP contribution < -0.4 is 64.2 Å². The molecule has 0 radical (unpaired) electrons. The summed E-state index contributed by atoms with van der Waals surface area (Å²) in [7, 11) is -5.27. The van der Waals surface area contributed by atoms with E-state index in [-0.39, 0.29) is 65.5 Å². The predicted octanol–water partition coefficient (Wildman–Crippen LogP) is -8.18. The van der Waals surface area contributed by atoms with E-state index in [1.165, 1.54) is 0 Å². The Hall–Kier alpha value is -0.01000. The Morgan fingerprint density at radius 1 is 1.17 bits per heavy atom. The Morgan fingerprint density at radius 3 is 2.13 bits per heavy atom. The van der Waals surface area contributed by atoms with Gasteiger partial charge in [0.1, 0.15) is 10.1 Å². The Morgan fingerprint density at radius 2 is 1.70 bits per heavy atom. The normalized spacial score (nSPS) is 10.4. The van der Waals surface area contributed by atoms with Crippen LogP contribution in [0.2, 0.25) is 0 Å². The molecule has 0 heterocycles. The van der Waals surface area contributed by atoms with Crippen LogP contribution in [-0.2, 0) is 14.9 Å². The van der Waals surface area contributed by atoms with Crippen LogP contribution in [0.5, 0.6) is 0 Å². The van der Waals surface area contributed by atoms with Crippen LogP contribution in [0.15, 0.2) is 23.1 Å². The molecular formula is C11H10Na2O9S. The van der Waals surface area contributed by atoms with Crippen molar-refractivity contribution in [2.45, 2.75) is 17.6 Å². The Kier molecular flexibility index (Phi) is 11.8. The van der Waals surface area contributed by atoms with Gasteiger partial charge in [-0.25, -0.2) is 13.2 Å². The quantitative estimate of drug-likeness (QED) is 0.216. The molecule has 0 aliphatic rings. The number of aromatic carboxylic acids is 1. The first-order valence-electron chi connectivity index (χ1n) is 5.48. The number of carbonyl (C=O) groups excluding carboxylic acids is 2. The molecule has 0 unspecified atom stereocenters. The van der Waals surface area contributed by atoms with E-state index >= 15 is 0 Å². The van der Waals surface area contributed by atoms with Gasteiger partial charge in [-0.1, -0.05) is 12.1 Å². The summed E-state index contributed by atoms with van der Waals surface area (Å²) in [5.41, 5.74) is -1.72. The summed E-state index contributed by atoms with van der Waals surface area (Å²) in [5.74, 6) is -3.22. The van der Waals surface area contributed by atoms with Crippen LogP contribution in [0, 0.1) is 0 Å². The van der Waals surface area contributed by atoms with E-state index in [0.29, 0.717) is 0 Å². The van der Waals surface area contributed by atoms with Crippen LogP contribution in [0.1, 0.15) is 27.1 Å². The monoisotopic (exact) mass is 364 g/mol. The third-order valence-electron chi connectivity index (χ3n) is 2.31. The van der Waals surface area contributed by atoms with Crippen molar-refractivity contribution in [2.24, 2.45) is 0 Å². The van der Waals surface area contributed by atoms with E-state index in [2.05, 4.69) is 4.74 Å². The number of esters is 1. The van der Waals surface area contributed by atoms with Gasteiger partial charge in [0, 0.05) is 12.0 Å². The number of hydrogen-bond acceptors (Lipinski definition) is 9. The molecule has 1 aromatic carbocycles. The molecule has 9 nitrogen and oxygen atoms in total. The fourth-order valence-corrected chi connectivity index (χ4v) is 2.30. The Balaban J connectivity index is 0. The van der Waals surface area contributed by atoms with Gasteiger partial charge in [0.05, 0.1) is 23.0 Å². The maximum atomic E-state index is 11.7. The number of aliphatic hydroxyl groups excluding tert-OH is 1. The van der Waals surface area contributed by atoms with Gasteiger partial charge >= 0.3 is 65.1 Å². The molecule has 23 heavy (non-hydrogen) atoms. The van der Waals surface area contributed by atoms with Crippen molar-refractivity contribution in [1.29, 1.82) is 0 Å². The number of ether oxygens (including phenoxy) is 1. The van der Waals surface area contributed by atoms with Gasteiger partial charge in [-0.2, -0.15) is 0 Å². The predicted molar refractivity (Wildman–Crippen MR) is 61.9 cm³/mol. The molecule has 0 aromatic heterocycles. The third-order valence-corrected chi connectivity index (χ3v) is 3.25. The molecule has 2 N–H and O–H groups in total. The molecule has 0 aliphatic heterocycles. The van der Waals surface area contributed by atoms with Crippen LogP contribution in [0.25, 0.3) is 0 Å². The number of hydrogen-bond donors (Lipinski definition) is 2. The van der Waals surface area contributed by atoms with E-state index in [9.17, 15) is 27.7 Å². The summed E-state index contributed by atoms with van der Waals surface area (Å²) in [5, 5.41) is 28.0. The smallest absolute Gasteiger partial charge is 0.744 e. The molecule has 0 atom stereocenters. The van der Waals surface area contributed by atoms with Crippen LogP contribution >= 0.6 is 0 Å². The summed E-state index contributed by atoms with van der Waals surface area (Å²) in [6.07, 6.45) is -2.08. The van der Waals surface area contributed by atoms with E-state index < -0.39 is 51.0 Å². The minimum atomic E-state index is -5.27. The van der Waals surface area contributed by atoms with E-state index in [1.54, 1.807) is 0 Å². The number of aliphatic hydroxyl groups is 2. The molecular weight excluding hydrogens is 354 g/mol. The van der Waals surface area contributed by atoms with Gasteiger partial charge < -0.3 is 29.4 Å². The van der Waals surface area contributed by atoms with Crippen molar-refractivity contribution in [2.75, 3.05) is 6.61 Å². The maximum Gasteiger partial charge on any atom is 1.00 e. The van der Waals surface area contributed by atoms with Gasteiger partial charge in [0.25, 0.3) is 0 Å². The van der Waals surface area contributed by atoms with Gasteiger partial charge in [-0.05, 0) is 6.07 Å². The summed E-state index contributed by atoms with van der Waals surface area (Å²) < 4.78 is 37.9. The number of carboxylic acid groups (broad SMARTS) is 1. The zero-order valence-electron chi connectivity index (χ0n) is 12.4. The van der Waals surface area contributed by atoms with E-state index in [1.807, 2.05) is 0 Å². The van der Waals surface area contributed by atoms with Gasteiger partial charge in [0.2, 0.25) is 0 Å². The third kappa shape index (κ3) is 7.61. The van der Waals surface area contributed by atoms with Crippen molar-refractivity contribution in [1.82, 2.24) is 0 Å². The van der Waals surface area contributed by atoms with Crippen molar-refractivity contribution in [3.8, 4) is 0 Å². The number of carbonyl (C=O) groups is 2. The molecule has 1 aromatic rings. The summed E-state index contributed by atoms with van der Waals surface area (Å²) >= 11 is 0. The SMILES string of the molecule is O=C([O-])c1cccc(C(=O)OCCC(O)O)c1S(=O)(=O)[O-].[Na+].[Na+]. The van der Waals surface area contributed by atoms with Crippen LogP contribution in [-0.4, -0.2) is 48.0 Å². The van der Waals surface area contributed by atoms with Crippen molar-refractivity contribution < 1.29 is 102 Å². The largest absolute Gasteiger partial charge is 1.00 e. The average molecular weight is 364 g/mol. The van der Waals surface area contributed by atoms with Crippen molar-refractivity contribution in [3.63, 3.8) is 0 Å². The molecule has 0 fully saturated rings. The molecule has 0 saturated heterocycles. The topological polar surface area (TPSA) is 164 Å². The second-order valence-corrected chi connectivity index (χ2v) is 5.15. The van der Waals surface area contributed by atoms with E-state index in [0.717, 1.165) is 18.2 Å². The Bertz CT molecular complexity index is 657. The minimum Gasteiger partial charge on any atom is -0.744 e. The molecule has 0 amide bonds. The van der Waals surface area contributed by atoms with Crippen molar-refractivity contribution in [3.05, 3.63) is 29.3 Å². The first kappa shape index (κ1) is 25.2. The number of carboxylic acids is 1. The molecule has 0 bridgehead atoms. The van der Waals surface area contributed by atoms with Gasteiger partial charge in [-0.15, -0.1) is 0 Å². The minimum absolute atomic E-state index is 0. The number of rotatable bonds is 6. The fraction of sp³-hybridized carbons (Fsp3) is 0.273. The Labute approximate surface area is 176 Å². The van der Waals surface area contributed by atoms with Crippen LogP contribution in [0.3, 0.4) is 0 Å². The maximum absolute atomic E-state index is 11.7. The second kappa shape index (κ2) is 10.8. The van der Waals surface area contributed by atoms with Gasteiger partial charge in [-0.3, -0.25) is 0 Å². The number of benzene rings is 1. The average Bonchev–Trinajstić information content (AvgIpc) is 2.36. The first-order valence-corrected chi connectivity index (χ1v) is 6.89. The summed E-state index contributed by atoms with van der Waals surface area (Å²) in [4.78, 5) is 21.2. The summed E-state index contributed by atoms with van der Waals surface area (Å²) in [6.45, 7) is -0.468. The molecule has 0 spiro atoms. The zero-order valence-corrected chi connectivity index (χ0v) is 17.2. The second-order valence-electron chi connectivity index (χ2n) is 3.83. The first-order chi connectivity index (χ1) is 9.64. The molecule has 0 aliphatic carbocycles.